The van der Waals surface area contributed by atoms with Crippen LogP contribution in [-0.4, -0.2) is 24.4 Å². The first-order chi connectivity index (χ1) is 7.08. The van der Waals surface area contributed by atoms with Crippen molar-refractivity contribution in [2.45, 2.75) is 32.3 Å². The van der Waals surface area contributed by atoms with Crippen LogP contribution in [0.25, 0.3) is 0 Å². The minimum atomic E-state index is -0.698. The number of rotatable bonds is 6. The molecule has 1 unspecified atom stereocenters. The van der Waals surface area contributed by atoms with E-state index in [1.165, 1.54) is 5.56 Å². The summed E-state index contributed by atoms with van der Waals surface area (Å²) in [6.45, 7) is 4.48. The van der Waals surface area contributed by atoms with Crippen molar-refractivity contribution in [1.82, 2.24) is 0 Å². The smallest absolute Gasteiger partial charge is 0.0905 e. The maximum absolute atomic E-state index is 10.4. The topological polar surface area (TPSA) is 29.5 Å². The van der Waals surface area contributed by atoms with Gasteiger partial charge in [0.15, 0.2) is 0 Å². The molecule has 1 N–H and O–H groups in total. The van der Waals surface area contributed by atoms with Crippen molar-refractivity contribution in [1.29, 1.82) is 0 Å². The van der Waals surface area contributed by atoms with Crippen molar-refractivity contribution in [3.63, 3.8) is 0 Å². The fourth-order valence-electron chi connectivity index (χ4n) is 1.57. The molecule has 0 radical (unpaired) electrons. The summed E-state index contributed by atoms with van der Waals surface area (Å²) in [6.07, 6.45) is 1.68. The lowest BCUT2D eigenvalue weighted by Crippen LogP contribution is -2.40. The van der Waals surface area contributed by atoms with E-state index >= 15 is 0 Å². The van der Waals surface area contributed by atoms with Crippen LogP contribution in [0.4, 0.5) is 0 Å². The van der Waals surface area contributed by atoms with Crippen molar-refractivity contribution in [3.05, 3.63) is 22.4 Å². The number of hydrogen-bond donors (Lipinski definition) is 1. The van der Waals surface area contributed by atoms with Gasteiger partial charge >= 0.3 is 0 Å². The van der Waals surface area contributed by atoms with Crippen molar-refractivity contribution < 1.29 is 9.84 Å². The second-order valence-corrected chi connectivity index (χ2v) is 5.10. The van der Waals surface area contributed by atoms with Gasteiger partial charge in [0.2, 0.25) is 0 Å². The first kappa shape index (κ1) is 12.7. The van der Waals surface area contributed by atoms with Crippen LogP contribution in [0.5, 0.6) is 0 Å². The molecule has 1 aromatic heterocycles. The second-order valence-electron chi connectivity index (χ2n) is 4.32. The molecule has 0 aliphatic heterocycles. The van der Waals surface area contributed by atoms with Crippen molar-refractivity contribution >= 4 is 11.3 Å². The van der Waals surface area contributed by atoms with Crippen LogP contribution in [0.1, 0.15) is 25.8 Å². The number of hydrogen-bond acceptors (Lipinski definition) is 3. The molecule has 1 atom stereocenters. The maximum atomic E-state index is 10.4. The van der Waals surface area contributed by atoms with Gasteiger partial charge in [0.05, 0.1) is 12.2 Å². The van der Waals surface area contributed by atoms with E-state index in [2.05, 4.69) is 16.8 Å². The van der Waals surface area contributed by atoms with Gasteiger partial charge in [-0.15, -0.1) is 0 Å². The van der Waals surface area contributed by atoms with E-state index in [0.717, 1.165) is 12.8 Å². The highest BCUT2D eigenvalue weighted by Crippen LogP contribution is 2.24. The molecule has 2 nitrogen and oxygen atoms in total. The van der Waals surface area contributed by atoms with Gasteiger partial charge in [0, 0.05) is 7.11 Å². The maximum Gasteiger partial charge on any atom is 0.0905 e. The number of aryl methyl sites for hydroxylation is 1. The van der Waals surface area contributed by atoms with Gasteiger partial charge < -0.3 is 9.84 Å². The Morgan fingerprint density at radius 2 is 2.27 bits per heavy atom. The lowest BCUT2D eigenvalue weighted by Gasteiger charge is -2.31. The average Bonchev–Trinajstić information content (AvgIpc) is 2.67. The number of methoxy groups -OCH3 is 1. The number of aliphatic hydroxyl groups is 1. The third-order valence-corrected chi connectivity index (χ3v) is 3.63. The molecule has 1 aromatic rings. The molecule has 0 aromatic carbocycles. The van der Waals surface area contributed by atoms with Crippen molar-refractivity contribution in [2.75, 3.05) is 13.7 Å². The molecule has 0 amide bonds. The first-order valence-corrected chi connectivity index (χ1v) is 6.25. The zero-order chi connectivity index (χ0) is 11.3. The molecular formula is C12H20O2S. The molecule has 1 rings (SSSR count). The van der Waals surface area contributed by atoms with Gasteiger partial charge in [-0.2, -0.15) is 11.3 Å². The number of ether oxygens (including phenoxy) is 1. The summed E-state index contributed by atoms with van der Waals surface area (Å²) >= 11 is 1.70. The van der Waals surface area contributed by atoms with E-state index < -0.39 is 5.60 Å². The Balaban J connectivity index is 2.52. The second kappa shape index (κ2) is 5.64. The van der Waals surface area contributed by atoms with Gasteiger partial charge in [-0.05, 0) is 41.1 Å². The third kappa shape index (κ3) is 3.59. The van der Waals surface area contributed by atoms with Crippen LogP contribution in [0.15, 0.2) is 16.8 Å². The zero-order valence-corrected chi connectivity index (χ0v) is 10.5. The fraction of sp³-hybridized carbons (Fsp3) is 0.667. The Bertz CT molecular complexity index is 269. The molecule has 0 aliphatic carbocycles. The predicted molar refractivity (Wildman–Crippen MR) is 64.3 cm³/mol. The Hall–Kier alpha value is -0.380. The van der Waals surface area contributed by atoms with E-state index in [-0.39, 0.29) is 5.92 Å². The lowest BCUT2D eigenvalue weighted by molar-refractivity contribution is -0.0696. The summed E-state index contributed by atoms with van der Waals surface area (Å²) in [6, 6.07) is 2.11. The SMILES string of the molecule is COCC(O)(CCc1ccsc1)C(C)C. The zero-order valence-electron chi connectivity index (χ0n) is 9.69. The first-order valence-electron chi connectivity index (χ1n) is 5.31. The van der Waals surface area contributed by atoms with Gasteiger partial charge in [0.25, 0.3) is 0 Å². The largest absolute Gasteiger partial charge is 0.387 e. The van der Waals surface area contributed by atoms with Crippen LogP contribution in [0, 0.1) is 5.92 Å². The van der Waals surface area contributed by atoms with Gasteiger partial charge in [-0.3, -0.25) is 0 Å². The quantitative estimate of drug-likeness (QED) is 0.811. The van der Waals surface area contributed by atoms with Crippen LogP contribution < -0.4 is 0 Å². The molecule has 1 heterocycles. The molecule has 0 aliphatic rings. The summed E-state index contributed by atoms with van der Waals surface area (Å²) in [5, 5.41) is 14.6. The van der Waals surface area contributed by atoms with E-state index in [9.17, 15) is 5.11 Å². The molecule has 0 saturated carbocycles. The molecule has 0 fully saturated rings. The highest BCUT2D eigenvalue weighted by atomic mass is 32.1. The molecule has 0 spiro atoms. The summed E-state index contributed by atoms with van der Waals surface area (Å²) in [5.74, 6) is 0.219. The van der Waals surface area contributed by atoms with Crippen LogP contribution in [0.2, 0.25) is 0 Å². The summed E-state index contributed by atoms with van der Waals surface area (Å²) in [5.41, 5.74) is 0.603. The predicted octanol–water partition coefficient (Wildman–Crippen LogP) is 2.71. The lowest BCUT2D eigenvalue weighted by atomic mass is 9.86. The highest BCUT2D eigenvalue weighted by molar-refractivity contribution is 7.07. The number of thiophene rings is 1. The summed E-state index contributed by atoms with van der Waals surface area (Å²) in [4.78, 5) is 0. The van der Waals surface area contributed by atoms with Crippen LogP contribution in [0.3, 0.4) is 0 Å². The highest BCUT2D eigenvalue weighted by Gasteiger charge is 2.30. The Kier molecular flexibility index (Phi) is 4.77. The van der Waals surface area contributed by atoms with E-state index in [1.807, 2.05) is 13.8 Å². The minimum absolute atomic E-state index is 0.219. The van der Waals surface area contributed by atoms with Crippen molar-refractivity contribution in [2.24, 2.45) is 5.92 Å². The van der Waals surface area contributed by atoms with Crippen molar-refractivity contribution in [3.8, 4) is 0 Å². The summed E-state index contributed by atoms with van der Waals surface area (Å²) in [7, 11) is 1.64. The van der Waals surface area contributed by atoms with Gasteiger partial charge in [0.1, 0.15) is 0 Å². The Morgan fingerprint density at radius 3 is 2.73 bits per heavy atom. The standard InChI is InChI=1S/C12H20O2S/c1-10(2)12(13,9-14-3)6-4-11-5-7-15-8-11/h5,7-8,10,13H,4,6,9H2,1-3H3. The Labute approximate surface area is 95.9 Å². The molecule has 86 valence electrons. The summed E-state index contributed by atoms with van der Waals surface area (Å²) < 4.78 is 5.09. The molecule has 15 heavy (non-hydrogen) atoms. The molecule has 0 bridgehead atoms. The van der Waals surface area contributed by atoms with Crippen LogP contribution in [-0.2, 0) is 11.2 Å². The fourth-order valence-corrected chi connectivity index (χ4v) is 2.28. The minimum Gasteiger partial charge on any atom is -0.387 e. The molecule has 3 heteroatoms. The van der Waals surface area contributed by atoms with E-state index in [1.54, 1.807) is 18.4 Å². The van der Waals surface area contributed by atoms with E-state index in [0.29, 0.717) is 6.61 Å². The van der Waals surface area contributed by atoms with E-state index in [4.69, 9.17) is 4.74 Å². The normalized spacial score (nSPS) is 15.5. The van der Waals surface area contributed by atoms with Crippen LogP contribution >= 0.6 is 11.3 Å². The average molecular weight is 228 g/mol. The third-order valence-electron chi connectivity index (χ3n) is 2.90. The molecule has 0 saturated heterocycles. The molecular weight excluding hydrogens is 208 g/mol. The van der Waals surface area contributed by atoms with Gasteiger partial charge in [-0.25, -0.2) is 0 Å². The monoisotopic (exact) mass is 228 g/mol. The Morgan fingerprint density at radius 1 is 1.53 bits per heavy atom. The van der Waals surface area contributed by atoms with Gasteiger partial charge in [-0.1, -0.05) is 13.8 Å².